The number of rotatable bonds is 9. The third-order valence-corrected chi connectivity index (χ3v) is 5.07. The Morgan fingerprint density at radius 1 is 1.27 bits per heavy atom. The molecule has 0 saturated heterocycles. The molecule has 0 aliphatic heterocycles. The summed E-state index contributed by atoms with van der Waals surface area (Å²) in [5, 5.41) is 8.08. The number of thioether (sulfide) groups is 1. The molecule has 0 spiro atoms. The van der Waals surface area contributed by atoms with Gasteiger partial charge in [-0.1, -0.05) is 30.8 Å². The molecule has 0 saturated carbocycles. The molecule has 30 heavy (non-hydrogen) atoms. The lowest BCUT2D eigenvalue weighted by Gasteiger charge is -2.10. The van der Waals surface area contributed by atoms with Crippen molar-refractivity contribution in [1.82, 2.24) is 19.7 Å². The van der Waals surface area contributed by atoms with Crippen LogP contribution in [0.15, 0.2) is 43.5 Å². The van der Waals surface area contributed by atoms with Gasteiger partial charge in [-0.25, -0.2) is 4.79 Å². The lowest BCUT2D eigenvalue weighted by molar-refractivity contribution is 0.102. The Labute approximate surface area is 175 Å². The van der Waals surface area contributed by atoms with Gasteiger partial charge >= 0.3 is 5.69 Å². The van der Waals surface area contributed by atoms with Gasteiger partial charge < -0.3 is 14.9 Å². The molecule has 3 aromatic rings. The van der Waals surface area contributed by atoms with E-state index in [0.717, 1.165) is 23.1 Å². The summed E-state index contributed by atoms with van der Waals surface area (Å²) in [6, 6.07) is 7.44. The highest BCUT2D eigenvalue weighted by Crippen LogP contribution is 2.20. The summed E-state index contributed by atoms with van der Waals surface area (Å²) in [6.45, 7) is 2.15. The number of methoxy groups -OCH3 is 1. The molecule has 0 aliphatic carbocycles. The van der Waals surface area contributed by atoms with Gasteiger partial charge in [0.2, 0.25) is 5.89 Å². The van der Waals surface area contributed by atoms with Crippen LogP contribution in [0.25, 0.3) is 0 Å². The number of carbonyl (C=O) groups is 1. The fourth-order valence-corrected chi connectivity index (χ4v) is 3.44. The van der Waals surface area contributed by atoms with Crippen molar-refractivity contribution in [3.63, 3.8) is 0 Å². The summed E-state index contributed by atoms with van der Waals surface area (Å²) >= 11 is 0.996. The number of nitrogens with one attached hydrogen (secondary N) is 1. The van der Waals surface area contributed by atoms with Crippen molar-refractivity contribution in [3.8, 4) is 5.75 Å². The SMILES string of the molecule is CCCn1c(N)c(C(=O)CSc2nnc(Cc3ccc(OC)cc3)o2)c(=O)[nH]c1=O. The van der Waals surface area contributed by atoms with E-state index in [1.54, 1.807) is 7.11 Å². The fraction of sp³-hybridized carbons (Fsp3) is 0.316. The first-order chi connectivity index (χ1) is 14.4. The Bertz CT molecular complexity index is 1150. The van der Waals surface area contributed by atoms with E-state index in [0.29, 0.717) is 25.3 Å². The zero-order valence-corrected chi connectivity index (χ0v) is 17.3. The van der Waals surface area contributed by atoms with E-state index >= 15 is 0 Å². The number of ether oxygens (including phenoxy) is 1. The number of nitrogens with zero attached hydrogens (tertiary/aromatic N) is 3. The number of hydrogen-bond acceptors (Lipinski definition) is 9. The van der Waals surface area contributed by atoms with E-state index in [1.165, 1.54) is 4.57 Å². The Balaban J connectivity index is 1.68. The number of nitrogen functional groups attached to an aromatic ring is 1. The van der Waals surface area contributed by atoms with E-state index < -0.39 is 17.0 Å². The van der Waals surface area contributed by atoms with Gasteiger partial charge in [-0.2, -0.15) is 0 Å². The van der Waals surface area contributed by atoms with Crippen LogP contribution in [0.5, 0.6) is 5.75 Å². The van der Waals surface area contributed by atoms with Gasteiger partial charge in [0, 0.05) is 6.54 Å². The van der Waals surface area contributed by atoms with Crippen molar-refractivity contribution in [3.05, 3.63) is 62.1 Å². The molecule has 11 heteroatoms. The molecule has 0 fully saturated rings. The summed E-state index contributed by atoms with van der Waals surface area (Å²) in [4.78, 5) is 38.6. The summed E-state index contributed by atoms with van der Waals surface area (Å²) in [7, 11) is 1.59. The number of aromatic nitrogens is 4. The van der Waals surface area contributed by atoms with Crippen LogP contribution >= 0.6 is 11.8 Å². The van der Waals surface area contributed by atoms with Gasteiger partial charge in [0.15, 0.2) is 5.78 Å². The predicted octanol–water partition coefficient (Wildman–Crippen LogP) is 1.49. The number of anilines is 1. The third kappa shape index (κ3) is 4.79. The number of carbonyl (C=O) groups excluding carboxylic acids is 1. The van der Waals surface area contributed by atoms with Crippen LogP contribution in [0.4, 0.5) is 5.82 Å². The number of Topliss-reactive ketones (excluding diaryl/α,β-unsaturated/α-hetero) is 1. The number of H-pyrrole nitrogens is 1. The van der Waals surface area contributed by atoms with E-state index in [1.807, 2.05) is 31.2 Å². The second-order valence-electron chi connectivity index (χ2n) is 6.37. The number of benzene rings is 1. The number of hydrogen-bond donors (Lipinski definition) is 2. The monoisotopic (exact) mass is 431 g/mol. The van der Waals surface area contributed by atoms with E-state index in [-0.39, 0.29) is 22.4 Å². The maximum atomic E-state index is 12.5. The van der Waals surface area contributed by atoms with Crippen molar-refractivity contribution in [2.24, 2.45) is 0 Å². The summed E-state index contributed by atoms with van der Waals surface area (Å²) in [5.41, 5.74) is 5.18. The van der Waals surface area contributed by atoms with Gasteiger partial charge in [0.25, 0.3) is 10.8 Å². The minimum atomic E-state index is -0.804. The van der Waals surface area contributed by atoms with E-state index in [4.69, 9.17) is 14.9 Å². The first-order valence-corrected chi connectivity index (χ1v) is 10.1. The predicted molar refractivity (Wildman–Crippen MR) is 111 cm³/mol. The molecule has 10 nitrogen and oxygen atoms in total. The lowest BCUT2D eigenvalue weighted by atomic mass is 10.1. The van der Waals surface area contributed by atoms with Crippen LogP contribution < -0.4 is 21.7 Å². The lowest BCUT2D eigenvalue weighted by Crippen LogP contribution is -2.36. The average Bonchev–Trinajstić information content (AvgIpc) is 3.17. The molecule has 158 valence electrons. The standard InChI is InChI=1S/C19H21N5O5S/c1-3-8-24-16(20)15(17(26)21-18(24)27)13(25)10-30-19-23-22-14(29-19)9-11-4-6-12(28-2)7-5-11/h4-7H,3,8-10,20H2,1-2H3,(H,21,26,27). The molecule has 2 heterocycles. The molecule has 0 aliphatic rings. The Kier molecular flexibility index (Phi) is 6.72. The van der Waals surface area contributed by atoms with Crippen LogP contribution in [0.3, 0.4) is 0 Å². The molecule has 0 amide bonds. The van der Waals surface area contributed by atoms with Gasteiger partial charge in [0.05, 0.1) is 19.3 Å². The molecule has 0 unspecified atom stereocenters. The Morgan fingerprint density at radius 2 is 2.00 bits per heavy atom. The Hall–Kier alpha value is -3.34. The smallest absolute Gasteiger partial charge is 0.329 e. The van der Waals surface area contributed by atoms with Crippen LogP contribution in [0, 0.1) is 0 Å². The molecule has 3 rings (SSSR count). The minimum Gasteiger partial charge on any atom is -0.497 e. The maximum Gasteiger partial charge on any atom is 0.329 e. The van der Waals surface area contributed by atoms with Gasteiger partial charge in [-0.15, -0.1) is 10.2 Å². The molecule has 0 atom stereocenters. The summed E-state index contributed by atoms with van der Waals surface area (Å²) in [5.74, 6) is 0.338. The highest BCUT2D eigenvalue weighted by atomic mass is 32.2. The van der Waals surface area contributed by atoms with Gasteiger partial charge in [0.1, 0.15) is 17.1 Å². The van der Waals surface area contributed by atoms with Crippen molar-refractivity contribution >= 4 is 23.4 Å². The zero-order valence-electron chi connectivity index (χ0n) is 16.5. The first-order valence-electron chi connectivity index (χ1n) is 9.16. The molecule has 0 bridgehead atoms. The first kappa shape index (κ1) is 21.4. The van der Waals surface area contributed by atoms with Gasteiger partial charge in [-0.3, -0.25) is 19.1 Å². The number of nitrogens with two attached hydrogens (primary N) is 1. The normalized spacial score (nSPS) is 10.9. The second kappa shape index (κ2) is 9.44. The zero-order chi connectivity index (χ0) is 21.7. The van der Waals surface area contributed by atoms with E-state index in [9.17, 15) is 14.4 Å². The van der Waals surface area contributed by atoms with Crippen LogP contribution in [-0.4, -0.2) is 38.4 Å². The van der Waals surface area contributed by atoms with Crippen molar-refractivity contribution in [2.75, 3.05) is 18.6 Å². The molecular formula is C19H21N5O5S. The maximum absolute atomic E-state index is 12.5. The average molecular weight is 431 g/mol. The highest BCUT2D eigenvalue weighted by Gasteiger charge is 2.20. The molecule has 3 N–H and O–H groups in total. The minimum absolute atomic E-state index is 0.137. The summed E-state index contributed by atoms with van der Waals surface area (Å²) < 4.78 is 11.9. The molecule has 0 radical (unpaired) electrons. The quantitative estimate of drug-likeness (QED) is 0.380. The molecule has 1 aromatic carbocycles. The topological polar surface area (TPSA) is 146 Å². The van der Waals surface area contributed by atoms with Crippen LogP contribution in [0.1, 0.15) is 35.2 Å². The van der Waals surface area contributed by atoms with Crippen LogP contribution in [-0.2, 0) is 13.0 Å². The second-order valence-corrected chi connectivity index (χ2v) is 7.30. The van der Waals surface area contributed by atoms with Crippen LogP contribution in [0.2, 0.25) is 0 Å². The van der Waals surface area contributed by atoms with Crippen molar-refractivity contribution < 1.29 is 13.9 Å². The highest BCUT2D eigenvalue weighted by molar-refractivity contribution is 7.99. The fourth-order valence-electron chi connectivity index (χ4n) is 2.79. The Morgan fingerprint density at radius 3 is 2.67 bits per heavy atom. The number of aromatic amines is 1. The van der Waals surface area contributed by atoms with Crippen molar-refractivity contribution in [2.45, 2.75) is 31.5 Å². The number of ketones is 1. The van der Waals surface area contributed by atoms with E-state index in [2.05, 4.69) is 15.2 Å². The molecule has 2 aromatic heterocycles. The van der Waals surface area contributed by atoms with Crippen molar-refractivity contribution in [1.29, 1.82) is 0 Å². The third-order valence-electron chi connectivity index (χ3n) is 4.26. The largest absolute Gasteiger partial charge is 0.497 e. The summed E-state index contributed by atoms with van der Waals surface area (Å²) in [6.07, 6.45) is 1.05. The molecular weight excluding hydrogens is 410 g/mol. The van der Waals surface area contributed by atoms with Gasteiger partial charge in [-0.05, 0) is 24.1 Å².